The molecule has 8 nitrogen and oxygen atoms in total. The molecular formula is C29H21N7O. The highest BCUT2D eigenvalue weighted by atomic mass is 16.5. The van der Waals surface area contributed by atoms with Crippen LogP contribution in [0.5, 0.6) is 11.5 Å². The van der Waals surface area contributed by atoms with Gasteiger partial charge in [0.2, 0.25) is 0 Å². The molecule has 4 aromatic carbocycles. The van der Waals surface area contributed by atoms with Crippen molar-refractivity contribution in [3.05, 3.63) is 97.1 Å². The van der Waals surface area contributed by atoms with Crippen molar-refractivity contribution in [2.75, 3.05) is 11.9 Å². The van der Waals surface area contributed by atoms with Gasteiger partial charge in [-0.1, -0.05) is 30.3 Å². The number of aliphatic imine (C=N–C) groups is 3. The molecule has 0 bridgehead atoms. The summed E-state index contributed by atoms with van der Waals surface area (Å²) < 4.78 is 6.19. The molecule has 2 heterocycles. The molecule has 1 aliphatic rings. The molecule has 1 aromatic heterocycles. The fourth-order valence-electron chi connectivity index (χ4n) is 4.48. The number of para-hydroxylation sites is 4. The van der Waals surface area contributed by atoms with Crippen LogP contribution in [-0.4, -0.2) is 40.9 Å². The highest BCUT2D eigenvalue weighted by molar-refractivity contribution is 6.10. The number of anilines is 3. The van der Waals surface area contributed by atoms with Crippen LogP contribution in [0.3, 0.4) is 0 Å². The number of rotatable bonds is 4. The van der Waals surface area contributed by atoms with Gasteiger partial charge >= 0.3 is 0 Å². The lowest BCUT2D eigenvalue weighted by Gasteiger charge is -2.33. The molecule has 8 heteroatoms. The summed E-state index contributed by atoms with van der Waals surface area (Å²) in [4.78, 5) is 27.5. The molecular weight excluding hydrogens is 462 g/mol. The van der Waals surface area contributed by atoms with E-state index in [1.54, 1.807) is 7.05 Å². The van der Waals surface area contributed by atoms with E-state index in [9.17, 15) is 0 Å². The summed E-state index contributed by atoms with van der Waals surface area (Å²) in [6.07, 6.45) is 4.43. The second-order valence-electron chi connectivity index (χ2n) is 8.25. The highest BCUT2D eigenvalue weighted by Crippen LogP contribution is 2.50. The van der Waals surface area contributed by atoms with E-state index in [1.165, 1.54) is 19.0 Å². The van der Waals surface area contributed by atoms with Gasteiger partial charge in [0.05, 0.1) is 11.4 Å². The molecule has 0 spiro atoms. The second kappa shape index (κ2) is 9.43. The average molecular weight is 484 g/mol. The Hall–Kier alpha value is -5.24. The summed E-state index contributed by atoms with van der Waals surface area (Å²) in [6, 6.07) is 26.3. The third-order valence-electron chi connectivity index (χ3n) is 6.07. The van der Waals surface area contributed by atoms with Crippen molar-refractivity contribution >= 4 is 46.7 Å². The molecule has 1 aliphatic heterocycles. The maximum absolute atomic E-state index is 6.19. The number of benzene rings is 4. The van der Waals surface area contributed by atoms with Gasteiger partial charge in [-0.3, -0.25) is 4.99 Å². The van der Waals surface area contributed by atoms with Crippen molar-refractivity contribution in [1.29, 1.82) is 0 Å². The average Bonchev–Trinajstić information content (AvgIpc) is 2.96. The zero-order valence-corrected chi connectivity index (χ0v) is 20.0. The summed E-state index contributed by atoms with van der Waals surface area (Å²) in [7, 11) is 1.66. The molecule has 0 N–H and O–H groups in total. The SMILES string of the molecule is C=N/C(=N\C=N/C)c1cc(-c2ncncn2)c2cc(N3c4ccccc4Oc4ccccc43)ccc2c1. The van der Waals surface area contributed by atoms with Crippen LogP contribution in [0.2, 0.25) is 0 Å². The molecule has 0 fully saturated rings. The van der Waals surface area contributed by atoms with Crippen molar-refractivity contribution in [3.8, 4) is 22.9 Å². The molecule has 178 valence electrons. The van der Waals surface area contributed by atoms with Crippen LogP contribution in [-0.2, 0) is 0 Å². The summed E-state index contributed by atoms with van der Waals surface area (Å²) in [5.41, 5.74) is 4.52. The number of aromatic nitrogens is 3. The molecule has 0 unspecified atom stereocenters. The Bertz CT molecular complexity index is 1650. The molecule has 0 radical (unpaired) electrons. The predicted molar refractivity (Wildman–Crippen MR) is 148 cm³/mol. The summed E-state index contributed by atoms with van der Waals surface area (Å²) in [6.45, 7) is 3.69. The Morgan fingerprint density at radius 3 is 2.27 bits per heavy atom. The number of amidine groups is 1. The molecule has 0 aliphatic carbocycles. The number of ether oxygens (including phenoxy) is 1. The maximum Gasteiger partial charge on any atom is 0.163 e. The molecule has 0 amide bonds. The van der Waals surface area contributed by atoms with Crippen LogP contribution in [0.4, 0.5) is 17.1 Å². The largest absolute Gasteiger partial charge is 0.453 e. The minimum Gasteiger partial charge on any atom is -0.453 e. The summed E-state index contributed by atoms with van der Waals surface area (Å²) in [5, 5.41) is 1.96. The van der Waals surface area contributed by atoms with E-state index in [1.807, 2.05) is 48.5 Å². The van der Waals surface area contributed by atoms with Crippen molar-refractivity contribution in [3.63, 3.8) is 0 Å². The normalized spacial score (nSPS) is 12.8. The standard InChI is InChI=1S/C29H21N7O/c1-30-16-33-28(31-2)20-13-19-11-12-21(15-22(19)23(14-20)29-34-17-32-18-35-29)36-24-7-3-5-9-26(24)37-27-10-6-4-8-25(27)36/h3-18H,2H2,1H3/b30-16-,33-28-. The molecule has 0 saturated heterocycles. The smallest absolute Gasteiger partial charge is 0.163 e. The van der Waals surface area contributed by atoms with E-state index in [4.69, 9.17) is 4.74 Å². The topological polar surface area (TPSA) is 88.2 Å². The molecule has 6 rings (SSSR count). The fourth-order valence-corrected chi connectivity index (χ4v) is 4.48. The Morgan fingerprint density at radius 2 is 1.59 bits per heavy atom. The van der Waals surface area contributed by atoms with Gasteiger partial charge in [-0.2, -0.15) is 0 Å². The van der Waals surface area contributed by atoms with Gasteiger partial charge in [-0.15, -0.1) is 0 Å². The van der Waals surface area contributed by atoms with Crippen LogP contribution in [0.15, 0.2) is 106 Å². The predicted octanol–water partition coefficient (Wildman–Crippen LogP) is 6.37. The lowest BCUT2D eigenvalue weighted by atomic mass is 9.98. The van der Waals surface area contributed by atoms with Gasteiger partial charge in [-0.05, 0) is 66.0 Å². The second-order valence-corrected chi connectivity index (χ2v) is 8.25. The van der Waals surface area contributed by atoms with Crippen molar-refractivity contribution in [2.24, 2.45) is 15.0 Å². The van der Waals surface area contributed by atoms with Crippen LogP contribution in [0.25, 0.3) is 22.2 Å². The van der Waals surface area contributed by atoms with E-state index >= 15 is 0 Å². The number of hydrogen-bond acceptors (Lipinski definition) is 6. The van der Waals surface area contributed by atoms with Crippen molar-refractivity contribution < 1.29 is 4.74 Å². The Labute approximate surface area is 213 Å². The minimum atomic E-state index is 0.461. The Morgan fingerprint density at radius 1 is 0.892 bits per heavy atom. The number of nitrogens with zero attached hydrogens (tertiary/aromatic N) is 7. The minimum absolute atomic E-state index is 0.461. The van der Waals surface area contributed by atoms with Gasteiger partial charge in [-0.25, -0.2) is 24.9 Å². The van der Waals surface area contributed by atoms with E-state index in [0.29, 0.717) is 11.7 Å². The first kappa shape index (κ1) is 22.2. The lowest BCUT2D eigenvalue weighted by molar-refractivity contribution is 0.477. The molecule has 0 saturated carbocycles. The van der Waals surface area contributed by atoms with Crippen molar-refractivity contribution in [1.82, 2.24) is 15.0 Å². The lowest BCUT2D eigenvalue weighted by Crippen LogP contribution is -2.15. The van der Waals surface area contributed by atoms with Crippen molar-refractivity contribution in [2.45, 2.75) is 0 Å². The Kier molecular flexibility index (Phi) is 5.67. The highest BCUT2D eigenvalue weighted by Gasteiger charge is 2.25. The van der Waals surface area contributed by atoms with Gasteiger partial charge in [0.15, 0.2) is 23.2 Å². The van der Waals surface area contributed by atoms with E-state index < -0.39 is 0 Å². The van der Waals surface area contributed by atoms with Gasteiger partial charge in [0.1, 0.15) is 19.0 Å². The zero-order valence-electron chi connectivity index (χ0n) is 20.0. The molecule has 0 atom stereocenters. The van der Waals surface area contributed by atoms with E-state index in [-0.39, 0.29) is 0 Å². The first-order valence-electron chi connectivity index (χ1n) is 11.6. The molecule has 5 aromatic rings. The molecule has 37 heavy (non-hydrogen) atoms. The van der Waals surface area contributed by atoms with Crippen LogP contribution < -0.4 is 9.64 Å². The van der Waals surface area contributed by atoms with E-state index in [2.05, 4.69) is 71.9 Å². The van der Waals surface area contributed by atoms with Gasteiger partial charge in [0.25, 0.3) is 0 Å². The summed E-state index contributed by atoms with van der Waals surface area (Å²) >= 11 is 0. The maximum atomic E-state index is 6.19. The number of fused-ring (bicyclic) bond motifs is 3. The monoisotopic (exact) mass is 483 g/mol. The van der Waals surface area contributed by atoms with Gasteiger partial charge < -0.3 is 9.64 Å². The third-order valence-corrected chi connectivity index (χ3v) is 6.07. The van der Waals surface area contributed by atoms with E-state index in [0.717, 1.165) is 50.5 Å². The first-order chi connectivity index (χ1) is 18.3. The van der Waals surface area contributed by atoms with Crippen LogP contribution >= 0.6 is 0 Å². The first-order valence-corrected chi connectivity index (χ1v) is 11.6. The summed E-state index contributed by atoms with van der Waals surface area (Å²) in [5.74, 6) is 2.60. The number of hydrogen-bond donors (Lipinski definition) is 0. The quantitative estimate of drug-likeness (QED) is 0.215. The fraction of sp³-hybridized carbons (Fsp3) is 0.0345. The Balaban J connectivity index is 1.60. The zero-order chi connectivity index (χ0) is 25.2. The third kappa shape index (κ3) is 4.00. The van der Waals surface area contributed by atoms with Gasteiger partial charge in [0, 0.05) is 23.9 Å². The van der Waals surface area contributed by atoms with Crippen LogP contribution in [0, 0.1) is 0 Å². The van der Waals surface area contributed by atoms with Crippen LogP contribution in [0.1, 0.15) is 5.56 Å².